The number of rotatable bonds is 7. The molecule has 0 spiro atoms. The maximum absolute atomic E-state index is 11.9. The number of esters is 1. The molecule has 2 aromatic heterocycles. The van der Waals surface area contributed by atoms with E-state index in [9.17, 15) is 9.59 Å². The molecular weight excluding hydrogens is 442 g/mol. The van der Waals surface area contributed by atoms with Gasteiger partial charge in [-0.15, -0.1) is 0 Å². The molecule has 0 atom stereocenters. The standard InChI is InChI=1S/C17H13BrClN3O5/c18-10-3-4-12(11(19)8-10)20-14(23)9-26-16(24)6-5-15-21-17(22-27-15)13-2-1-7-25-13/h1-4,7-8H,5-6,9H2,(H,20,23). The second-order valence-corrected chi connectivity index (χ2v) is 6.64. The summed E-state index contributed by atoms with van der Waals surface area (Å²) in [6.45, 7) is -0.424. The number of carbonyl (C=O) groups excluding carboxylic acids is 2. The highest BCUT2D eigenvalue weighted by molar-refractivity contribution is 9.10. The summed E-state index contributed by atoms with van der Waals surface area (Å²) >= 11 is 9.28. The van der Waals surface area contributed by atoms with E-state index in [1.807, 2.05) is 0 Å². The first-order valence-electron chi connectivity index (χ1n) is 7.78. The molecule has 27 heavy (non-hydrogen) atoms. The van der Waals surface area contributed by atoms with Crippen LogP contribution in [0.3, 0.4) is 0 Å². The summed E-state index contributed by atoms with van der Waals surface area (Å²) in [5.41, 5.74) is 0.428. The maximum Gasteiger partial charge on any atom is 0.306 e. The predicted octanol–water partition coefficient (Wildman–Crippen LogP) is 3.86. The Morgan fingerprint density at radius 2 is 2.15 bits per heavy atom. The van der Waals surface area contributed by atoms with E-state index in [1.165, 1.54) is 6.26 Å². The highest BCUT2D eigenvalue weighted by atomic mass is 79.9. The number of anilines is 1. The third-order valence-corrected chi connectivity index (χ3v) is 4.13. The number of hydrogen-bond acceptors (Lipinski definition) is 7. The van der Waals surface area contributed by atoms with Gasteiger partial charge < -0.3 is 19.0 Å². The van der Waals surface area contributed by atoms with Gasteiger partial charge in [0, 0.05) is 10.9 Å². The third-order valence-electron chi connectivity index (χ3n) is 3.32. The number of benzene rings is 1. The topological polar surface area (TPSA) is 107 Å². The molecule has 0 radical (unpaired) electrons. The molecule has 0 unspecified atom stereocenters. The van der Waals surface area contributed by atoms with Gasteiger partial charge in [-0.25, -0.2) is 0 Å². The van der Waals surface area contributed by atoms with Gasteiger partial charge >= 0.3 is 5.97 Å². The van der Waals surface area contributed by atoms with Gasteiger partial charge in [-0.1, -0.05) is 32.7 Å². The summed E-state index contributed by atoms with van der Waals surface area (Å²) in [5, 5.41) is 6.69. The second-order valence-electron chi connectivity index (χ2n) is 5.32. The zero-order valence-corrected chi connectivity index (χ0v) is 16.1. The van der Waals surface area contributed by atoms with Crippen LogP contribution in [0.25, 0.3) is 11.6 Å². The van der Waals surface area contributed by atoms with E-state index in [1.54, 1.807) is 30.3 Å². The smallest absolute Gasteiger partial charge is 0.306 e. The molecule has 0 saturated carbocycles. The molecule has 2 heterocycles. The lowest BCUT2D eigenvalue weighted by Crippen LogP contribution is -2.21. The van der Waals surface area contributed by atoms with Crippen LogP contribution in [-0.2, 0) is 20.7 Å². The fourth-order valence-corrected chi connectivity index (χ4v) is 2.79. The van der Waals surface area contributed by atoms with Crippen LogP contribution in [0, 0.1) is 0 Å². The number of amides is 1. The number of furan rings is 1. The Labute approximate surface area is 167 Å². The maximum atomic E-state index is 11.9. The number of aryl methyl sites for hydroxylation is 1. The molecule has 1 N–H and O–H groups in total. The average molecular weight is 455 g/mol. The number of halogens is 2. The van der Waals surface area contributed by atoms with Crippen molar-refractivity contribution in [1.29, 1.82) is 0 Å². The van der Waals surface area contributed by atoms with E-state index >= 15 is 0 Å². The molecule has 1 aromatic carbocycles. The number of carbonyl (C=O) groups is 2. The molecule has 8 nitrogen and oxygen atoms in total. The number of hydrogen-bond donors (Lipinski definition) is 1. The van der Waals surface area contributed by atoms with E-state index in [0.29, 0.717) is 22.3 Å². The highest BCUT2D eigenvalue weighted by Crippen LogP contribution is 2.25. The quantitative estimate of drug-likeness (QED) is 0.540. The molecule has 10 heteroatoms. The molecule has 3 rings (SSSR count). The van der Waals surface area contributed by atoms with E-state index in [4.69, 9.17) is 25.3 Å². The van der Waals surface area contributed by atoms with Crippen LogP contribution in [0.1, 0.15) is 12.3 Å². The highest BCUT2D eigenvalue weighted by Gasteiger charge is 2.14. The molecule has 0 aliphatic carbocycles. The normalized spacial score (nSPS) is 10.6. The molecule has 0 bridgehead atoms. The Kier molecular flexibility index (Phi) is 6.25. The zero-order valence-electron chi connectivity index (χ0n) is 13.8. The lowest BCUT2D eigenvalue weighted by atomic mass is 10.3. The summed E-state index contributed by atoms with van der Waals surface area (Å²) in [4.78, 5) is 27.7. The van der Waals surface area contributed by atoms with Gasteiger partial charge in [-0.3, -0.25) is 9.59 Å². The van der Waals surface area contributed by atoms with Crippen molar-refractivity contribution in [3.63, 3.8) is 0 Å². The van der Waals surface area contributed by atoms with Crippen LogP contribution in [0.5, 0.6) is 0 Å². The summed E-state index contributed by atoms with van der Waals surface area (Å²) in [6, 6.07) is 8.41. The predicted molar refractivity (Wildman–Crippen MR) is 99.1 cm³/mol. The molecule has 1 amide bonds. The number of ether oxygens (including phenoxy) is 1. The van der Waals surface area contributed by atoms with Crippen molar-refractivity contribution in [3.8, 4) is 11.6 Å². The SMILES string of the molecule is O=C(COC(=O)CCc1nc(-c2ccco2)no1)Nc1ccc(Br)cc1Cl. The van der Waals surface area contributed by atoms with Crippen LogP contribution >= 0.6 is 27.5 Å². The van der Waals surface area contributed by atoms with Crippen molar-refractivity contribution in [2.24, 2.45) is 0 Å². The molecular formula is C17H13BrClN3O5. The van der Waals surface area contributed by atoms with Gasteiger partial charge in [0.25, 0.3) is 5.91 Å². The summed E-state index contributed by atoms with van der Waals surface area (Å²) < 4.78 is 15.9. The molecule has 140 valence electrons. The Bertz CT molecular complexity index is 942. The molecule has 0 saturated heterocycles. The van der Waals surface area contributed by atoms with Crippen molar-refractivity contribution in [3.05, 3.63) is 52.0 Å². The first-order valence-corrected chi connectivity index (χ1v) is 8.95. The second kappa shape index (κ2) is 8.83. The fraction of sp³-hybridized carbons (Fsp3) is 0.176. The summed E-state index contributed by atoms with van der Waals surface area (Å²) in [7, 11) is 0. The van der Waals surface area contributed by atoms with Gasteiger partial charge in [0.05, 0.1) is 23.4 Å². The van der Waals surface area contributed by atoms with E-state index in [-0.39, 0.29) is 18.7 Å². The first-order chi connectivity index (χ1) is 13.0. The van der Waals surface area contributed by atoms with E-state index in [2.05, 4.69) is 31.4 Å². The van der Waals surface area contributed by atoms with Gasteiger partial charge in [-0.05, 0) is 30.3 Å². The van der Waals surface area contributed by atoms with E-state index < -0.39 is 18.5 Å². The van der Waals surface area contributed by atoms with Gasteiger partial charge in [-0.2, -0.15) is 4.98 Å². The van der Waals surface area contributed by atoms with Crippen molar-refractivity contribution in [2.75, 3.05) is 11.9 Å². The van der Waals surface area contributed by atoms with Gasteiger partial charge in [0.1, 0.15) is 0 Å². The Balaban J connectivity index is 1.42. The third kappa shape index (κ3) is 5.41. The minimum atomic E-state index is -0.565. The minimum absolute atomic E-state index is 0.00783. The number of nitrogens with zero attached hydrogens (tertiary/aromatic N) is 2. The Morgan fingerprint density at radius 3 is 2.89 bits per heavy atom. The summed E-state index contributed by atoms with van der Waals surface area (Å²) in [6.07, 6.45) is 1.67. The zero-order chi connectivity index (χ0) is 19.2. The van der Waals surface area contributed by atoms with Crippen molar-refractivity contribution < 1.29 is 23.3 Å². The first kappa shape index (κ1) is 19.1. The van der Waals surface area contributed by atoms with Gasteiger partial charge in [0.2, 0.25) is 11.7 Å². The van der Waals surface area contributed by atoms with Crippen LogP contribution < -0.4 is 5.32 Å². The van der Waals surface area contributed by atoms with Crippen molar-refractivity contribution in [1.82, 2.24) is 10.1 Å². The van der Waals surface area contributed by atoms with Crippen molar-refractivity contribution in [2.45, 2.75) is 12.8 Å². The number of aromatic nitrogens is 2. The van der Waals surface area contributed by atoms with Crippen LogP contribution in [0.15, 0.2) is 50.0 Å². The lowest BCUT2D eigenvalue weighted by molar-refractivity contribution is -0.147. The largest absolute Gasteiger partial charge is 0.461 e. The minimum Gasteiger partial charge on any atom is -0.461 e. The molecule has 0 aliphatic heterocycles. The fourth-order valence-electron chi connectivity index (χ4n) is 2.07. The Hall–Kier alpha value is -2.65. The summed E-state index contributed by atoms with van der Waals surface area (Å²) in [5.74, 6) is -0.0234. The average Bonchev–Trinajstić information content (AvgIpc) is 3.32. The molecule has 0 fully saturated rings. The Morgan fingerprint density at radius 1 is 1.30 bits per heavy atom. The van der Waals surface area contributed by atoms with Gasteiger partial charge in [0.15, 0.2) is 12.4 Å². The van der Waals surface area contributed by atoms with Crippen molar-refractivity contribution >= 4 is 45.1 Å². The molecule has 0 aliphatic rings. The molecule has 3 aromatic rings. The monoisotopic (exact) mass is 453 g/mol. The number of nitrogens with one attached hydrogen (secondary N) is 1. The van der Waals surface area contributed by atoms with E-state index in [0.717, 1.165) is 4.47 Å². The van der Waals surface area contributed by atoms with Crippen LogP contribution in [0.4, 0.5) is 5.69 Å². The van der Waals surface area contributed by atoms with Crippen LogP contribution in [0.2, 0.25) is 5.02 Å². The lowest BCUT2D eigenvalue weighted by Gasteiger charge is -2.08. The van der Waals surface area contributed by atoms with Crippen LogP contribution in [-0.4, -0.2) is 28.6 Å².